The highest BCUT2D eigenvalue weighted by Crippen LogP contribution is 2.17. The van der Waals surface area contributed by atoms with E-state index < -0.39 is 11.6 Å². The van der Waals surface area contributed by atoms with Crippen LogP contribution in [0.3, 0.4) is 0 Å². The predicted octanol–water partition coefficient (Wildman–Crippen LogP) is 2.03. The number of ether oxygens (including phenoxy) is 1. The molecule has 0 amide bonds. The molecule has 1 aromatic rings. The van der Waals surface area contributed by atoms with Gasteiger partial charge in [-0.1, -0.05) is 0 Å². The van der Waals surface area contributed by atoms with Crippen LogP contribution >= 0.6 is 0 Å². The van der Waals surface area contributed by atoms with Gasteiger partial charge in [-0.05, 0) is 25.5 Å². The van der Waals surface area contributed by atoms with E-state index in [1.807, 2.05) is 6.92 Å². The van der Waals surface area contributed by atoms with E-state index in [4.69, 9.17) is 4.74 Å². The molecule has 0 aliphatic carbocycles. The standard InChI is InChI=1S/C14H20F2N2O/c1-11(4-7-18-8-5-17-6-9-18)19-12-2-3-13(15)14(16)10-12/h2-3,10-11,17H,4-9H2,1H3. The van der Waals surface area contributed by atoms with Crippen molar-refractivity contribution in [3.63, 3.8) is 0 Å². The highest BCUT2D eigenvalue weighted by Gasteiger charge is 2.12. The minimum atomic E-state index is -0.869. The SMILES string of the molecule is CC(CCN1CCNCC1)Oc1ccc(F)c(F)c1. The smallest absolute Gasteiger partial charge is 0.162 e. The number of rotatable bonds is 5. The van der Waals surface area contributed by atoms with Crippen molar-refractivity contribution in [1.82, 2.24) is 10.2 Å². The first-order valence-electron chi connectivity index (χ1n) is 6.70. The summed E-state index contributed by atoms with van der Waals surface area (Å²) < 4.78 is 31.4. The van der Waals surface area contributed by atoms with E-state index in [1.165, 1.54) is 6.07 Å². The summed E-state index contributed by atoms with van der Waals surface area (Å²) in [6, 6.07) is 3.64. The van der Waals surface area contributed by atoms with Crippen LogP contribution in [0.2, 0.25) is 0 Å². The maximum absolute atomic E-state index is 13.0. The van der Waals surface area contributed by atoms with E-state index in [0.717, 1.165) is 51.3 Å². The largest absolute Gasteiger partial charge is 0.491 e. The Labute approximate surface area is 112 Å². The van der Waals surface area contributed by atoms with Crippen LogP contribution in [0.4, 0.5) is 8.78 Å². The van der Waals surface area contributed by atoms with Crippen molar-refractivity contribution < 1.29 is 13.5 Å². The molecule has 0 aromatic heterocycles. The van der Waals surface area contributed by atoms with Crippen molar-refractivity contribution >= 4 is 0 Å². The fourth-order valence-corrected chi connectivity index (χ4v) is 2.14. The van der Waals surface area contributed by atoms with Gasteiger partial charge in [-0.15, -0.1) is 0 Å². The lowest BCUT2D eigenvalue weighted by Gasteiger charge is -2.28. The molecule has 0 saturated carbocycles. The van der Waals surface area contributed by atoms with Crippen LogP contribution in [0.1, 0.15) is 13.3 Å². The lowest BCUT2D eigenvalue weighted by atomic mass is 10.2. The van der Waals surface area contributed by atoms with E-state index in [2.05, 4.69) is 10.2 Å². The summed E-state index contributed by atoms with van der Waals surface area (Å²) in [5.74, 6) is -1.33. The summed E-state index contributed by atoms with van der Waals surface area (Å²) in [6.07, 6.45) is 0.860. The van der Waals surface area contributed by atoms with Crippen molar-refractivity contribution in [3.8, 4) is 5.75 Å². The molecule has 1 fully saturated rings. The molecule has 1 atom stereocenters. The van der Waals surface area contributed by atoms with Crippen LogP contribution in [-0.4, -0.2) is 43.7 Å². The maximum Gasteiger partial charge on any atom is 0.162 e. The molecule has 1 N–H and O–H groups in total. The van der Waals surface area contributed by atoms with Crippen LogP contribution in [0.5, 0.6) is 5.75 Å². The average Bonchev–Trinajstić information content (AvgIpc) is 2.42. The molecule has 3 nitrogen and oxygen atoms in total. The Balaban J connectivity index is 1.76. The zero-order valence-electron chi connectivity index (χ0n) is 11.2. The highest BCUT2D eigenvalue weighted by molar-refractivity contribution is 5.23. The van der Waals surface area contributed by atoms with Gasteiger partial charge in [0.1, 0.15) is 5.75 Å². The molecule has 0 spiro atoms. The zero-order chi connectivity index (χ0) is 13.7. The molecular formula is C14H20F2N2O. The van der Waals surface area contributed by atoms with Crippen LogP contribution in [0, 0.1) is 11.6 Å². The summed E-state index contributed by atoms with van der Waals surface area (Å²) in [5, 5.41) is 3.30. The number of piperazine rings is 1. The molecule has 106 valence electrons. The Morgan fingerprint density at radius 3 is 2.68 bits per heavy atom. The van der Waals surface area contributed by atoms with Gasteiger partial charge >= 0.3 is 0 Å². The first-order valence-corrected chi connectivity index (χ1v) is 6.70. The molecule has 1 unspecified atom stereocenters. The quantitative estimate of drug-likeness (QED) is 0.886. The third kappa shape index (κ3) is 4.44. The summed E-state index contributed by atoms with van der Waals surface area (Å²) >= 11 is 0. The van der Waals surface area contributed by atoms with Crippen LogP contribution in [0.25, 0.3) is 0 Å². The van der Waals surface area contributed by atoms with Gasteiger partial charge in [0.05, 0.1) is 6.10 Å². The number of hydrogen-bond acceptors (Lipinski definition) is 3. The second-order valence-electron chi connectivity index (χ2n) is 4.88. The van der Waals surface area contributed by atoms with Gasteiger partial charge in [0.15, 0.2) is 11.6 Å². The van der Waals surface area contributed by atoms with E-state index in [1.54, 1.807) is 0 Å². The topological polar surface area (TPSA) is 24.5 Å². The van der Waals surface area contributed by atoms with Crippen molar-refractivity contribution in [1.29, 1.82) is 0 Å². The normalized spacial score (nSPS) is 18.3. The summed E-state index contributed by atoms with van der Waals surface area (Å²) in [7, 11) is 0. The van der Waals surface area contributed by atoms with Gasteiger partial charge < -0.3 is 15.0 Å². The second kappa shape index (κ2) is 6.82. The number of hydrogen-bond donors (Lipinski definition) is 1. The molecule has 1 saturated heterocycles. The number of benzene rings is 1. The van der Waals surface area contributed by atoms with Crippen LogP contribution < -0.4 is 10.1 Å². The van der Waals surface area contributed by atoms with Gasteiger partial charge in [0.2, 0.25) is 0 Å². The molecule has 0 radical (unpaired) electrons. The second-order valence-corrected chi connectivity index (χ2v) is 4.88. The molecule has 1 aliphatic rings. The van der Waals surface area contributed by atoms with E-state index in [-0.39, 0.29) is 6.10 Å². The van der Waals surface area contributed by atoms with Crippen LogP contribution in [0.15, 0.2) is 18.2 Å². The minimum Gasteiger partial charge on any atom is -0.491 e. The van der Waals surface area contributed by atoms with E-state index in [0.29, 0.717) is 5.75 Å². The van der Waals surface area contributed by atoms with Crippen molar-refractivity contribution in [2.75, 3.05) is 32.7 Å². The average molecular weight is 270 g/mol. The Kier molecular flexibility index (Phi) is 5.10. The highest BCUT2D eigenvalue weighted by atomic mass is 19.2. The Hall–Kier alpha value is -1.20. The third-order valence-electron chi connectivity index (χ3n) is 3.29. The first-order chi connectivity index (χ1) is 9.15. The van der Waals surface area contributed by atoms with Gasteiger partial charge in [-0.2, -0.15) is 0 Å². The summed E-state index contributed by atoms with van der Waals surface area (Å²) in [6.45, 7) is 7.07. The number of nitrogens with one attached hydrogen (secondary N) is 1. The fraction of sp³-hybridized carbons (Fsp3) is 0.571. The number of halogens is 2. The minimum absolute atomic E-state index is 0.0141. The van der Waals surface area contributed by atoms with Gasteiger partial charge in [-0.3, -0.25) is 0 Å². The van der Waals surface area contributed by atoms with E-state index >= 15 is 0 Å². The van der Waals surface area contributed by atoms with Crippen LogP contribution in [-0.2, 0) is 0 Å². The fourth-order valence-electron chi connectivity index (χ4n) is 2.14. The molecule has 5 heteroatoms. The summed E-state index contributed by atoms with van der Waals surface area (Å²) in [5.41, 5.74) is 0. The monoisotopic (exact) mass is 270 g/mol. The zero-order valence-corrected chi connectivity index (χ0v) is 11.2. The van der Waals surface area contributed by atoms with E-state index in [9.17, 15) is 8.78 Å². The Morgan fingerprint density at radius 2 is 2.00 bits per heavy atom. The lowest BCUT2D eigenvalue weighted by Crippen LogP contribution is -2.44. The van der Waals surface area contributed by atoms with Gasteiger partial charge in [-0.25, -0.2) is 8.78 Å². The van der Waals surface area contributed by atoms with Crippen molar-refractivity contribution in [3.05, 3.63) is 29.8 Å². The molecule has 1 heterocycles. The molecular weight excluding hydrogens is 250 g/mol. The molecule has 0 bridgehead atoms. The van der Waals surface area contributed by atoms with Crippen molar-refractivity contribution in [2.45, 2.75) is 19.4 Å². The lowest BCUT2D eigenvalue weighted by molar-refractivity contribution is 0.167. The predicted molar refractivity (Wildman–Crippen MR) is 70.4 cm³/mol. The third-order valence-corrected chi connectivity index (χ3v) is 3.29. The molecule has 1 aromatic carbocycles. The van der Waals surface area contributed by atoms with Gasteiger partial charge in [0, 0.05) is 38.8 Å². The van der Waals surface area contributed by atoms with Gasteiger partial charge in [0.25, 0.3) is 0 Å². The molecule has 19 heavy (non-hydrogen) atoms. The first kappa shape index (κ1) is 14.2. The number of nitrogens with zero attached hydrogens (tertiary/aromatic N) is 1. The Morgan fingerprint density at radius 1 is 1.26 bits per heavy atom. The molecule has 2 rings (SSSR count). The molecule has 1 aliphatic heterocycles. The Bertz CT molecular complexity index is 408. The maximum atomic E-state index is 13.0. The summed E-state index contributed by atoms with van der Waals surface area (Å²) in [4.78, 5) is 2.38. The van der Waals surface area contributed by atoms with Crippen molar-refractivity contribution in [2.24, 2.45) is 0 Å².